The molecule has 0 aliphatic carbocycles. The van der Waals surface area contributed by atoms with Gasteiger partial charge in [0.25, 0.3) is 0 Å². The summed E-state index contributed by atoms with van der Waals surface area (Å²) in [6.07, 6.45) is 1.20. The maximum atomic E-state index is 11.4. The molecular weight excluding hydrogens is 204 g/mol. The highest BCUT2D eigenvalue weighted by Crippen LogP contribution is 2.14. The van der Waals surface area contributed by atoms with E-state index in [-0.39, 0.29) is 18.3 Å². The zero-order valence-electron chi connectivity index (χ0n) is 10.2. The number of carbonyl (C=O) groups excluding carboxylic acids is 1. The molecule has 1 unspecified atom stereocenters. The normalized spacial score (nSPS) is 12.8. The number of rotatable bonds is 6. The van der Waals surface area contributed by atoms with Crippen molar-refractivity contribution in [2.45, 2.75) is 40.2 Å². The number of nitrogens with zero attached hydrogens (tertiary/aromatic N) is 2. The highest BCUT2D eigenvalue weighted by Gasteiger charge is 2.17. The van der Waals surface area contributed by atoms with E-state index >= 15 is 0 Å². The summed E-state index contributed by atoms with van der Waals surface area (Å²) in [5.74, 6) is 0.0435. The summed E-state index contributed by atoms with van der Waals surface area (Å²) in [6.45, 7) is 6.44. The topological polar surface area (TPSA) is 55.1 Å². The summed E-state index contributed by atoms with van der Waals surface area (Å²) < 4.78 is 1.92. The number of aryl methyl sites for hydroxylation is 2. The number of hydrogen-bond donors (Lipinski definition) is 1. The predicted molar refractivity (Wildman–Crippen MR) is 62.2 cm³/mol. The second kappa shape index (κ2) is 5.80. The quantitative estimate of drug-likeness (QED) is 0.793. The molecule has 0 aliphatic rings. The number of carbonyl (C=O) groups is 1. The molecule has 0 spiro atoms. The van der Waals surface area contributed by atoms with Gasteiger partial charge in [0.15, 0.2) is 0 Å². The first-order valence-electron chi connectivity index (χ1n) is 5.73. The minimum Gasteiger partial charge on any atom is -0.396 e. The van der Waals surface area contributed by atoms with Gasteiger partial charge < -0.3 is 5.11 Å². The van der Waals surface area contributed by atoms with Gasteiger partial charge in [0.2, 0.25) is 0 Å². The van der Waals surface area contributed by atoms with E-state index in [0.717, 1.165) is 17.9 Å². The molecule has 0 saturated carbocycles. The van der Waals surface area contributed by atoms with Crippen LogP contribution in [-0.4, -0.2) is 27.3 Å². The Morgan fingerprint density at radius 3 is 2.81 bits per heavy atom. The first-order valence-corrected chi connectivity index (χ1v) is 5.73. The smallest absolute Gasteiger partial charge is 0.133 e. The molecule has 0 amide bonds. The van der Waals surface area contributed by atoms with Crippen LogP contribution in [0.4, 0.5) is 0 Å². The van der Waals surface area contributed by atoms with E-state index in [4.69, 9.17) is 5.11 Å². The van der Waals surface area contributed by atoms with Crippen LogP contribution in [0.3, 0.4) is 0 Å². The SMILES string of the molecule is CCn1nc(C)cc1CC(CCO)C(C)=O. The second-order valence-electron chi connectivity index (χ2n) is 4.12. The van der Waals surface area contributed by atoms with Gasteiger partial charge in [0.1, 0.15) is 5.78 Å². The van der Waals surface area contributed by atoms with Gasteiger partial charge in [0.05, 0.1) is 5.69 Å². The third kappa shape index (κ3) is 3.17. The first-order chi connectivity index (χ1) is 7.58. The number of ketones is 1. The lowest BCUT2D eigenvalue weighted by atomic mass is 9.96. The van der Waals surface area contributed by atoms with E-state index in [1.54, 1.807) is 6.92 Å². The molecule has 0 saturated heterocycles. The molecule has 0 bridgehead atoms. The number of aliphatic hydroxyl groups excluding tert-OH is 1. The third-order valence-electron chi connectivity index (χ3n) is 2.79. The summed E-state index contributed by atoms with van der Waals surface area (Å²) in [5.41, 5.74) is 2.05. The van der Waals surface area contributed by atoms with Crippen LogP contribution in [0.15, 0.2) is 6.07 Å². The van der Waals surface area contributed by atoms with E-state index in [2.05, 4.69) is 5.10 Å². The van der Waals surface area contributed by atoms with Crippen molar-refractivity contribution >= 4 is 5.78 Å². The molecule has 1 aromatic heterocycles. The summed E-state index contributed by atoms with van der Waals surface area (Å²) >= 11 is 0. The van der Waals surface area contributed by atoms with Crippen molar-refractivity contribution in [3.8, 4) is 0 Å². The zero-order valence-corrected chi connectivity index (χ0v) is 10.2. The van der Waals surface area contributed by atoms with Crippen molar-refractivity contribution in [3.63, 3.8) is 0 Å². The van der Waals surface area contributed by atoms with Gasteiger partial charge in [-0.3, -0.25) is 9.48 Å². The Bertz CT molecular complexity index is 358. The largest absolute Gasteiger partial charge is 0.396 e. The van der Waals surface area contributed by atoms with Crippen molar-refractivity contribution in [2.24, 2.45) is 5.92 Å². The Labute approximate surface area is 96.3 Å². The van der Waals surface area contributed by atoms with Gasteiger partial charge in [-0.2, -0.15) is 5.10 Å². The zero-order chi connectivity index (χ0) is 12.1. The Hall–Kier alpha value is -1.16. The lowest BCUT2D eigenvalue weighted by Crippen LogP contribution is -2.18. The van der Waals surface area contributed by atoms with Crippen molar-refractivity contribution in [1.29, 1.82) is 0 Å². The van der Waals surface area contributed by atoms with Crippen LogP contribution in [0.1, 0.15) is 31.7 Å². The van der Waals surface area contributed by atoms with E-state index in [9.17, 15) is 4.79 Å². The molecule has 0 aliphatic heterocycles. The molecule has 4 heteroatoms. The maximum Gasteiger partial charge on any atom is 0.133 e. The number of aliphatic hydroxyl groups is 1. The fraction of sp³-hybridized carbons (Fsp3) is 0.667. The van der Waals surface area contributed by atoms with Gasteiger partial charge in [0, 0.05) is 24.8 Å². The third-order valence-corrected chi connectivity index (χ3v) is 2.79. The molecule has 0 radical (unpaired) electrons. The molecule has 0 aromatic carbocycles. The van der Waals surface area contributed by atoms with Gasteiger partial charge in [-0.15, -0.1) is 0 Å². The van der Waals surface area contributed by atoms with Crippen LogP contribution in [0.2, 0.25) is 0 Å². The molecule has 1 atom stereocenters. The number of aromatic nitrogens is 2. The molecule has 4 nitrogen and oxygen atoms in total. The lowest BCUT2D eigenvalue weighted by molar-refractivity contribution is -0.121. The first kappa shape index (κ1) is 12.9. The monoisotopic (exact) mass is 224 g/mol. The van der Waals surface area contributed by atoms with Crippen LogP contribution >= 0.6 is 0 Å². The van der Waals surface area contributed by atoms with E-state index in [1.165, 1.54) is 0 Å². The Morgan fingerprint density at radius 2 is 2.31 bits per heavy atom. The van der Waals surface area contributed by atoms with Gasteiger partial charge in [-0.05, 0) is 39.7 Å². The molecule has 90 valence electrons. The lowest BCUT2D eigenvalue weighted by Gasteiger charge is -2.12. The molecule has 1 rings (SSSR count). The Balaban J connectivity index is 2.79. The Kier molecular flexibility index (Phi) is 4.68. The van der Waals surface area contributed by atoms with Crippen molar-refractivity contribution in [1.82, 2.24) is 9.78 Å². The molecule has 16 heavy (non-hydrogen) atoms. The molecule has 1 aromatic rings. The van der Waals surface area contributed by atoms with Crippen LogP contribution < -0.4 is 0 Å². The van der Waals surface area contributed by atoms with Crippen molar-refractivity contribution < 1.29 is 9.90 Å². The minimum atomic E-state index is -0.0913. The molecular formula is C12H20N2O2. The number of hydrogen-bond acceptors (Lipinski definition) is 3. The van der Waals surface area contributed by atoms with Crippen LogP contribution in [0.25, 0.3) is 0 Å². The van der Waals surface area contributed by atoms with Crippen molar-refractivity contribution in [2.75, 3.05) is 6.61 Å². The standard InChI is InChI=1S/C12H20N2O2/c1-4-14-12(7-9(2)13-14)8-11(5-6-15)10(3)16/h7,11,15H,4-6,8H2,1-3H3. The average molecular weight is 224 g/mol. The van der Waals surface area contributed by atoms with Crippen LogP contribution in [-0.2, 0) is 17.8 Å². The second-order valence-corrected chi connectivity index (χ2v) is 4.12. The van der Waals surface area contributed by atoms with Gasteiger partial charge in [-0.1, -0.05) is 0 Å². The summed E-state index contributed by atoms with van der Waals surface area (Å²) in [6, 6.07) is 2.01. The average Bonchev–Trinajstić information content (AvgIpc) is 2.58. The van der Waals surface area contributed by atoms with E-state index in [1.807, 2.05) is 24.6 Å². The van der Waals surface area contributed by atoms with Gasteiger partial charge in [-0.25, -0.2) is 0 Å². The minimum absolute atomic E-state index is 0.0590. The van der Waals surface area contributed by atoms with Crippen molar-refractivity contribution in [3.05, 3.63) is 17.5 Å². The molecule has 1 N–H and O–H groups in total. The molecule has 1 heterocycles. The maximum absolute atomic E-state index is 11.4. The van der Waals surface area contributed by atoms with Crippen LogP contribution in [0.5, 0.6) is 0 Å². The fourth-order valence-electron chi connectivity index (χ4n) is 1.89. The predicted octanol–water partition coefficient (Wildman–Crippen LogP) is 1.34. The molecule has 0 fully saturated rings. The highest BCUT2D eigenvalue weighted by molar-refractivity contribution is 5.78. The van der Waals surface area contributed by atoms with E-state index in [0.29, 0.717) is 12.8 Å². The van der Waals surface area contributed by atoms with Gasteiger partial charge >= 0.3 is 0 Å². The summed E-state index contributed by atoms with van der Waals surface area (Å²) in [7, 11) is 0. The Morgan fingerprint density at radius 1 is 1.62 bits per heavy atom. The highest BCUT2D eigenvalue weighted by atomic mass is 16.3. The summed E-state index contributed by atoms with van der Waals surface area (Å²) in [4.78, 5) is 11.4. The summed E-state index contributed by atoms with van der Waals surface area (Å²) in [5, 5.41) is 13.3. The van der Waals surface area contributed by atoms with Crippen LogP contribution in [0, 0.1) is 12.8 Å². The number of Topliss-reactive ketones (excluding diaryl/α,β-unsaturated/α-hetero) is 1. The van der Waals surface area contributed by atoms with E-state index < -0.39 is 0 Å². The fourth-order valence-corrected chi connectivity index (χ4v) is 1.89.